The minimum absolute atomic E-state index is 0.0839. The maximum Gasteiger partial charge on any atom is 0.418 e. The molecule has 3 rings (SSSR count). The molecule has 132 valence electrons. The smallest absolute Gasteiger partial charge is 0.354 e. The summed E-state index contributed by atoms with van der Waals surface area (Å²) in [6, 6.07) is 5.92. The monoisotopic (exact) mass is 367 g/mol. The van der Waals surface area contributed by atoms with Crippen molar-refractivity contribution >= 4 is 22.5 Å². The second-order valence-electron chi connectivity index (χ2n) is 5.81. The van der Waals surface area contributed by atoms with Crippen LogP contribution in [0.25, 0.3) is 22.2 Å². The average molecular weight is 368 g/mol. The molecule has 0 aliphatic carbocycles. The van der Waals surface area contributed by atoms with E-state index in [-0.39, 0.29) is 5.52 Å². The van der Waals surface area contributed by atoms with Crippen LogP contribution in [-0.4, -0.2) is 16.5 Å². The molecule has 0 aliphatic heterocycles. The van der Waals surface area contributed by atoms with Gasteiger partial charge in [0.05, 0.1) is 21.8 Å². The first-order valence-electron chi connectivity index (χ1n) is 7.94. The zero-order valence-electron chi connectivity index (χ0n) is 13.3. The van der Waals surface area contributed by atoms with Gasteiger partial charge in [-0.15, -0.1) is 0 Å². The highest BCUT2D eigenvalue weighted by Gasteiger charge is 2.34. The molecular formula is C18H17ClF3N3. The Bertz CT molecular complexity index is 887. The number of nitrogens with zero attached hydrogens (tertiary/aromatic N) is 1. The molecule has 0 aliphatic rings. The van der Waals surface area contributed by atoms with Crippen molar-refractivity contribution in [1.82, 2.24) is 9.97 Å². The molecule has 1 aromatic carbocycles. The van der Waals surface area contributed by atoms with Crippen LogP contribution in [0.1, 0.15) is 24.0 Å². The maximum atomic E-state index is 13.4. The number of aryl methyl sites for hydroxylation is 1. The Kier molecular flexibility index (Phi) is 5.01. The molecule has 25 heavy (non-hydrogen) atoms. The van der Waals surface area contributed by atoms with Gasteiger partial charge in [0, 0.05) is 23.3 Å². The van der Waals surface area contributed by atoms with Crippen molar-refractivity contribution in [3.05, 3.63) is 52.8 Å². The Hall–Kier alpha value is -2.05. The number of aromatic nitrogens is 2. The third kappa shape index (κ3) is 3.50. The molecule has 2 aromatic heterocycles. The lowest BCUT2D eigenvalue weighted by atomic mass is 10.00. The van der Waals surface area contributed by atoms with Gasteiger partial charge in [0.15, 0.2) is 0 Å². The molecule has 0 radical (unpaired) electrons. The van der Waals surface area contributed by atoms with Crippen molar-refractivity contribution in [2.24, 2.45) is 5.73 Å². The molecule has 0 atom stereocenters. The molecule has 0 fully saturated rings. The topological polar surface area (TPSA) is 54.7 Å². The Labute approximate surface area is 148 Å². The lowest BCUT2D eigenvalue weighted by Gasteiger charge is -2.07. The third-order valence-corrected chi connectivity index (χ3v) is 4.47. The van der Waals surface area contributed by atoms with E-state index in [1.54, 1.807) is 18.3 Å². The average Bonchev–Trinajstić information content (AvgIpc) is 2.93. The van der Waals surface area contributed by atoms with Crippen LogP contribution in [0.3, 0.4) is 0 Å². The quantitative estimate of drug-likeness (QED) is 0.610. The standard InChI is InChI=1S/C18H17ClF3N3/c19-15-10-24-9-7-13(15)16-11(4-1-2-8-23)12-5-3-6-14(17(12)25-16)18(20,21)22/h3,5-7,9-10,25H,1-2,4,8,23H2. The normalized spacial score (nSPS) is 12.0. The molecule has 0 saturated heterocycles. The van der Waals surface area contributed by atoms with E-state index < -0.39 is 11.7 Å². The summed E-state index contributed by atoms with van der Waals surface area (Å²) >= 11 is 6.22. The van der Waals surface area contributed by atoms with Crippen molar-refractivity contribution in [2.75, 3.05) is 6.54 Å². The predicted octanol–water partition coefficient (Wildman–Crippen LogP) is 5.18. The zero-order chi connectivity index (χ0) is 18.0. The van der Waals surface area contributed by atoms with Crippen LogP contribution in [0, 0.1) is 0 Å². The second kappa shape index (κ2) is 7.06. The SMILES string of the molecule is NCCCCc1c(-c2ccncc2Cl)[nH]c2c(C(F)(F)F)cccc12. The van der Waals surface area contributed by atoms with Crippen LogP contribution in [0.2, 0.25) is 5.02 Å². The summed E-state index contributed by atoms with van der Waals surface area (Å²) in [5.74, 6) is 0. The predicted molar refractivity (Wildman–Crippen MR) is 93.5 cm³/mol. The summed E-state index contributed by atoms with van der Waals surface area (Å²) in [4.78, 5) is 6.90. The molecule has 0 spiro atoms. The van der Waals surface area contributed by atoms with Crippen molar-refractivity contribution in [3.8, 4) is 11.3 Å². The number of benzene rings is 1. The number of pyridine rings is 1. The van der Waals surface area contributed by atoms with E-state index in [2.05, 4.69) is 9.97 Å². The number of alkyl halides is 3. The molecule has 0 saturated carbocycles. The molecule has 3 N–H and O–H groups in total. The number of para-hydroxylation sites is 1. The number of nitrogens with two attached hydrogens (primary N) is 1. The number of aromatic amines is 1. The minimum Gasteiger partial charge on any atom is -0.354 e. The van der Waals surface area contributed by atoms with Gasteiger partial charge >= 0.3 is 6.18 Å². The molecule has 0 amide bonds. The molecule has 3 aromatic rings. The van der Waals surface area contributed by atoms with E-state index in [9.17, 15) is 13.2 Å². The van der Waals surface area contributed by atoms with E-state index in [0.29, 0.717) is 34.6 Å². The summed E-state index contributed by atoms with van der Waals surface area (Å²) in [6.07, 6.45) is 0.826. The molecular weight excluding hydrogens is 351 g/mol. The Morgan fingerprint density at radius 1 is 1.16 bits per heavy atom. The summed E-state index contributed by atoms with van der Waals surface area (Å²) in [6.45, 7) is 0.543. The van der Waals surface area contributed by atoms with Gasteiger partial charge < -0.3 is 10.7 Å². The largest absolute Gasteiger partial charge is 0.418 e. The maximum absolute atomic E-state index is 13.4. The summed E-state index contributed by atoms with van der Waals surface area (Å²) in [5, 5.41) is 0.956. The van der Waals surface area contributed by atoms with Crippen LogP contribution >= 0.6 is 11.6 Å². The number of H-pyrrole nitrogens is 1. The van der Waals surface area contributed by atoms with Gasteiger partial charge in [0.25, 0.3) is 0 Å². The lowest BCUT2D eigenvalue weighted by Crippen LogP contribution is -2.05. The highest BCUT2D eigenvalue weighted by atomic mass is 35.5. The van der Waals surface area contributed by atoms with Crippen molar-refractivity contribution in [3.63, 3.8) is 0 Å². The first-order chi connectivity index (χ1) is 11.9. The minimum atomic E-state index is -4.43. The first kappa shape index (κ1) is 17.8. The van der Waals surface area contributed by atoms with Crippen LogP contribution in [0.15, 0.2) is 36.7 Å². The van der Waals surface area contributed by atoms with Gasteiger partial charge in [-0.05, 0) is 43.5 Å². The second-order valence-corrected chi connectivity index (χ2v) is 6.21. The third-order valence-electron chi connectivity index (χ3n) is 4.17. The van der Waals surface area contributed by atoms with Crippen LogP contribution in [0.4, 0.5) is 13.2 Å². The van der Waals surface area contributed by atoms with E-state index in [1.165, 1.54) is 12.3 Å². The van der Waals surface area contributed by atoms with Gasteiger partial charge in [0.2, 0.25) is 0 Å². The van der Waals surface area contributed by atoms with Crippen LogP contribution < -0.4 is 5.73 Å². The number of hydrogen-bond donors (Lipinski definition) is 2. The number of halogens is 4. The number of fused-ring (bicyclic) bond motifs is 1. The van der Waals surface area contributed by atoms with Crippen LogP contribution in [0.5, 0.6) is 0 Å². The fourth-order valence-electron chi connectivity index (χ4n) is 3.02. The number of nitrogens with one attached hydrogen (secondary N) is 1. The molecule has 7 heteroatoms. The van der Waals surface area contributed by atoms with Crippen molar-refractivity contribution < 1.29 is 13.2 Å². The van der Waals surface area contributed by atoms with E-state index >= 15 is 0 Å². The van der Waals surface area contributed by atoms with E-state index in [0.717, 1.165) is 24.5 Å². The van der Waals surface area contributed by atoms with Gasteiger partial charge in [-0.1, -0.05) is 23.7 Å². The van der Waals surface area contributed by atoms with E-state index in [4.69, 9.17) is 17.3 Å². The molecule has 0 bridgehead atoms. The highest BCUT2D eigenvalue weighted by molar-refractivity contribution is 6.33. The zero-order valence-corrected chi connectivity index (χ0v) is 14.1. The fraction of sp³-hybridized carbons (Fsp3) is 0.278. The Morgan fingerprint density at radius 2 is 1.96 bits per heavy atom. The van der Waals surface area contributed by atoms with Gasteiger partial charge in [0.1, 0.15) is 0 Å². The van der Waals surface area contributed by atoms with Gasteiger partial charge in [-0.25, -0.2) is 0 Å². The number of unbranched alkanes of at least 4 members (excludes halogenated alkanes) is 1. The summed E-state index contributed by atoms with van der Waals surface area (Å²) in [5.41, 5.74) is 7.03. The van der Waals surface area contributed by atoms with Crippen LogP contribution in [-0.2, 0) is 12.6 Å². The molecule has 3 nitrogen and oxygen atoms in total. The summed E-state index contributed by atoms with van der Waals surface area (Å²) < 4.78 is 40.1. The fourth-order valence-corrected chi connectivity index (χ4v) is 3.24. The lowest BCUT2D eigenvalue weighted by molar-refractivity contribution is -0.136. The van der Waals surface area contributed by atoms with Gasteiger partial charge in [-0.3, -0.25) is 4.98 Å². The van der Waals surface area contributed by atoms with E-state index in [1.807, 2.05) is 0 Å². The number of hydrogen-bond acceptors (Lipinski definition) is 2. The first-order valence-corrected chi connectivity index (χ1v) is 8.32. The Morgan fingerprint density at radius 3 is 2.64 bits per heavy atom. The van der Waals surface area contributed by atoms with Crippen molar-refractivity contribution in [1.29, 1.82) is 0 Å². The van der Waals surface area contributed by atoms with Crippen molar-refractivity contribution in [2.45, 2.75) is 25.4 Å². The van der Waals surface area contributed by atoms with Gasteiger partial charge in [-0.2, -0.15) is 13.2 Å². The highest BCUT2D eigenvalue weighted by Crippen LogP contribution is 2.40. The number of rotatable bonds is 5. The molecule has 2 heterocycles. The Balaban J connectivity index is 2.24. The molecule has 0 unspecified atom stereocenters. The summed E-state index contributed by atoms with van der Waals surface area (Å²) in [7, 11) is 0.